The lowest BCUT2D eigenvalue weighted by Gasteiger charge is -2.29. The predicted octanol–water partition coefficient (Wildman–Crippen LogP) is 3.71. The van der Waals surface area contributed by atoms with E-state index in [9.17, 15) is 14.4 Å². The number of ketones is 1. The highest BCUT2D eigenvalue weighted by molar-refractivity contribution is 9.10. The van der Waals surface area contributed by atoms with Crippen molar-refractivity contribution in [1.29, 1.82) is 0 Å². The van der Waals surface area contributed by atoms with Crippen LogP contribution in [0.2, 0.25) is 0 Å². The first-order chi connectivity index (χ1) is 12.9. The first-order valence-electron chi connectivity index (χ1n) is 8.55. The fraction of sp³-hybridized carbons (Fsp3) is 0.250. The fourth-order valence-corrected chi connectivity index (χ4v) is 3.33. The zero-order valence-electron chi connectivity index (χ0n) is 15.0. The van der Waals surface area contributed by atoms with E-state index in [0.29, 0.717) is 29.1 Å². The molecular weight excluding hydrogens is 412 g/mol. The van der Waals surface area contributed by atoms with Gasteiger partial charge in [0.1, 0.15) is 12.3 Å². The molecule has 2 aromatic carbocycles. The molecule has 0 radical (unpaired) electrons. The molecule has 0 bridgehead atoms. The number of halogens is 1. The molecular formula is C20H19BrN2O4. The molecule has 1 N–H and O–H groups in total. The van der Waals surface area contributed by atoms with Crippen molar-refractivity contribution in [3.05, 3.63) is 52.0 Å². The van der Waals surface area contributed by atoms with Gasteiger partial charge < -0.3 is 10.1 Å². The van der Waals surface area contributed by atoms with Crippen LogP contribution in [-0.2, 0) is 9.59 Å². The highest BCUT2D eigenvalue weighted by Crippen LogP contribution is 2.33. The Morgan fingerprint density at radius 3 is 2.70 bits per heavy atom. The van der Waals surface area contributed by atoms with Crippen LogP contribution in [-0.4, -0.2) is 30.7 Å². The van der Waals surface area contributed by atoms with Gasteiger partial charge in [0.25, 0.3) is 5.91 Å². The lowest BCUT2D eigenvalue weighted by atomic mass is 10.1. The van der Waals surface area contributed by atoms with Gasteiger partial charge in [0, 0.05) is 22.1 Å². The molecule has 3 rings (SSSR count). The lowest BCUT2D eigenvalue weighted by molar-refractivity contribution is -0.123. The minimum absolute atomic E-state index is 0.0364. The minimum Gasteiger partial charge on any atom is -0.482 e. The van der Waals surface area contributed by atoms with E-state index in [0.717, 1.165) is 10.0 Å². The lowest BCUT2D eigenvalue weighted by Crippen LogP contribution is -2.43. The summed E-state index contributed by atoms with van der Waals surface area (Å²) in [7, 11) is 0. The molecule has 1 aliphatic heterocycles. The molecule has 0 saturated carbocycles. The van der Waals surface area contributed by atoms with Crippen LogP contribution in [0.5, 0.6) is 5.75 Å². The summed E-state index contributed by atoms with van der Waals surface area (Å²) in [5.41, 5.74) is 2.51. The third-order valence-electron chi connectivity index (χ3n) is 4.31. The van der Waals surface area contributed by atoms with Crippen LogP contribution in [0.1, 0.15) is 29.3 Å². The Morgan fingerprint density at radius 2 is 2.00 bits per heavy atom. The van der Waals surface area contributed by atoms with Gasteiger partial charge in [0.2, 0.25) is 5.91 Å². The molecule has 2 aromatic rings. The average Bonchev–Trinajstić information content (AvgIpc) is 2.65. The van der Waals surface area contributed by atoms with Gasteiger partial charge in [-0.25, -0.2) is 0 Å². The number of anilines is 2. The van der Waals surface area contributed by atoms with Gasteiger partial charge in [-0.15, -0.1) is 0 Å². The Balaban J connectivity index is 1.83. The van der Waals surface area contributed by atoms with E-state index in [4.69, 9.17) is 4.74 Å². The van der Waals surface area contributed by atoms with Crippen molar-refractivity contribution in [3.8, 4) is 5.75 Å². The molecule has 140 valence electrons. The topological polar surface area (TPSA) is 75.7 Å². The second-order valence-corrected chi connectivity index (χ2v) is 7.15. The number of rotatable bonds is 5. The summed E-state index contributed by atoms with van der Waals surface area (Å²) in [5, 5.41) is 2.82. The molecule has 7 heteroatoms. The Hall–Kier alpha value is -2.67. The molecule has 0 aliphatic carbocycles. The first kappa shape index (κ1) is 19.1. The van der Waals surface area contributed by atoms with Crippen LogP contribution in [0, 0.1) is 6.92 Å². The average molecular weight is 431 g/mol. The van der Waals surface area contributed by atoms with E-state index in [2.05, 4.69) is 21.2 Å². The second kappa shape index (κ2) is 7.92. The molecule has 27 heavy (non-hydrogen) atoms. The van der Waals surface area contributed by atoms with Crippen molar-refractivity contribution in [2.45, 2.75) is 20.3 Å². The molecule has 0 saturated heterocycles. The molecule has 0 fully saturated rings. The van der Waals surface area contributed by atoms with Gasteiger partial charge in [-0.3, -0.25) is 19.3 Å². The van der Waals surface area contributed by atoms with E-state index in [1.54, 1.807) is 31.2 Å². The number of ether oxygens (including phenoxy) is 1. The Labute approximate surface area is 165 Å². The summed E-state index contributed by atoms with van der Waals surface area (Å²) in [6.45, 7) is 3.36. The van der Waals surface area contributed by atoms with Crippen LogP contribution >= 0.6 is 15.9 Å². The van der Waals surface area contributed by atoms with Crippen molar-refractivity contribution in [3.63, 3.8) is 0 Å². The molecule has 1 heterocycles. The predicted molar refractivity (Wildman–Crippen MR) is 106 cm³/mol. The smallest absolute Gasteiger partial charge is 0.265 e. The number of aryl methyl sites for hydroxylation is 1. The maximum absolute atomic E-state index is 12.5. The fourth-order valence-electron chi connectivity index (χ4n) is 2.85. The highest BCUT2D eigenvalue weighted by atomic mass is 79.9. The summed E-state index contributed by atoms with van der Waals surface area (Å²) in [4.78, 5) is 38.2. The van der Waals surface area contributed by atoms with Crippen molar-refractivity contribution >= 4 is 44.9 Å². The quantitative estimate of drug-likeness (QED) is 0.733. The van der Waals surface area contributed by atoms with Gasteiger partial charge in [-0.05, 0) is 48.9 Å². The second-order valence-electron chi connectivity index (χ2n) is 6.24. The number of carbonyl (C=O) groups excluding carboxylic acids is 3. The van der Waals surface area contributed by atoms with E-state index >= 15 is 0 Å². The molecule has 0 spiro atoms. The normalized spacial score (nSPS) is 13.0. The molecule has 2 amide bonds. The number of nitrogens with one attached hydrogen (secondary N) is 1. The van der Waals surface area contributed by atoms with Gasteiger partial charge in [-0.2, -0.15) is 0 Å². The van der Waals surface area contributed by atoms with E-state index < -0.39 is 0 Å². The standard InChI is InChI=1S/C20H19BrN2O4/c1-3-17(24)13-4-7-18-16(9-13)23(20(26)11-27-18)10-19(25)22-15-6-5-14(21)8-12(15)2/h4-9H,3,10-11H2,1-2H3,(H,22,25). The van der Waals surface area contributed by atoms with E-state index in [1.165, 1.54) is 4.90 Å². The SMILES string of the molecule is CCC(=O)c1ccc2c(c1)N(CC(=O)Nc1ccc(Br)cc1C)C(=O)CO2. The third-order valence-corrected chi connectivity index (χ3v) is 4.80. The molecule has 6 nitrogen and oxygen atoms in total. The van der Waals surface area contributed by atoms with Gasteiger partial charge in [0.05, 0.1) is 5.69 Å². The van der Waals surface area contributed by atoms with Crippen molar-refractivity contribution in [1.82, 2.24) is 0 Å². The largest absolute Gasteiger partial charge is 0.482 e. The van der Waals surface area contributed by atoms with E-state index in [1.807, 2.05) is 19.1 Å². The highest BCUT2D eigenvalue weighted by Gasteiger charge is 2.28. The Morgan fingerprint density at radius 1 is 1.22 bits per heavy atom. The van der Waals surface area contributed by atoms with E-state index in [-0.39, 0.29) is 30.7 Å². The zero-order valence-corrected chi connectivity index (χ0v) is 16.6. The van der Waals surface area contributed by atoms with Crippen molar-refractivity contribution < 1.29 is 19.1 Å². The number of hydrogen-bond donors (Lipinski definition) is 1. The number of carbonyl (C=O) groups is 3. The Bertz CT molecular complexity index is 926. The molecule has 0 unspecified atom stereocenters. The van der Waals surface area contributed by atoms with Crippen LogP contribution in [0.15, 0.2) is 40.9 Å². The number of nitrogens with zero attached hydrogens (tertiary/aromatic N) is 1. The summed E-state index contributed by atoms with van der Waals surface area (Å²) >= 11 is 3.39. The number of benzene rings is 2. The third kappa shape index (κ3) is 4.19. The van der Waals surface area contributed by atoms with Gasteiger partial charge in [-0.1, -0.05) is 22.9 Å². The van der Waals surface area contributed by atoms with Crippen LogP contribution in [0.4, 0.5) is 11.4 Å². The monoisotopic (exact) mass is 430 g/mol. The number of fused-ring (bicyclic) bond motifs is 1. The number of amides is 2. The van der Waals surface area contributed by atoms with Crippen LogP contribution < -0.4 is 15.0 Å². The summed E-state index contributed by atoms with van der Waals surface area (Å²) in [6.07, 6.45) is 0.358. The minimum atomic E-state index is -0.328. The summed E-state index contributed by atoms with van der Waals surface area (Å²) < 4.78 is 6.35. The van der Waals surface area contributed by atoms with Crippen molar-refractivity contribution in [2.75, 3.05) is 23.4 Å². The number of Topliss-reactive ketones (excluding diaryl/α,β-unsaturated/α-hetero) is 1. The summed E-state index contributed by atoms with van der Waals surface area (Å²) in [6, 6.07) is 10.5. The Kier molecular flexibility index (Phi) is 5.60. The first-order valence-corrected chi connectivity index (χ1v) is 9.34. The van der Waals surface area contributed by atoms with Crippen LogP contribution in [0.25, 0.3) is 0 Å². The molecule has 1 aliphatic rings. The summed E-state index contributed by atoms with van der Waals surface area (Å²) in [5.74, 6) is -0.208. The maximum atomic E-state index is 12.5. The molecule has 0 aromatic heterocycles. The van der Waals surface area contributed by atoms with Gasteiger partial charge >= 0.3 is 0 Å². The van der Waals surface area contributed by atoms with Crippen LogP contribution in [0.3, 0.4) is 0 Å². The maximum Gasteiger partial charge on any atom is 0.265 e. The molecule has 0 atom stereocenters. The van der Waals surface area contributed by atoms with Crippen molar-refractivity contribution in [2.24, 2.45) is 0 Å². The van der Waals surface area contributed by atoms with Gasteiger partial charge in [0.15, 0.2) is 12.4 Å². The zero-order chi connectivity index (χ0) is 19.6. The number of hydrogen-bond acceptors (Lipinski definition) is 4.